The lowest BCUT2D eigenvalue weighted by atomic mass is 9.99. The Labute approximate surface area is 640 Å². The lowest BCUT2D eigenvalue weighted by Gasteiger charge is -2.29. The largest absolute Gasteiger partial charge is 0.481 e. The van der Waals surface area contributed by atoms with Crippen molar-refractivity contribution in [3.05, 3.63) is 0 Å². The first kappa shape index (κ1) is 99.9. The number of nitrogens with one attached hydrogen (secondary N) is 14. The number of nitrogens with two attached hydrogens (primary N) is 6. The third kappa shape index (κ3) is 40.9. The van der Waals surface area contributed by atoms with E-state index in [-0.39, 0.29) is 76.5 Å². The number of carboxylic acid groups (broad SMARTS) is 3. The number of hydrogen-bond donors (Lipinski definition) is 25. The maximum Gasteiger partial charge on any atom is 0.326 e. The van der Waals surface area contributed by atoms with Gasteiger partial charge in [-0.15, -0.1) is 0 Å². The zero-order valence-corrected chi connectivity index (χ0v) is 64.0. The topological polar surface area (TPSA) is 745 Å². The Morgan fingerprint density at radius 2 is 0.800 bits per heavy atom. The van der Waals surface area contributed by atoms with E-state index in [9.17, 15) is 107 Å². The van der Waals surface area contributed by atoms with Gasteiger partial charge in [0.15, 0.2) is 5.96 Å². The van der Waals surface area contributed by atoms with Crippen LogP contribution in [0.3, 0.4) is 0 Å². The number of aliphatic carboxylic acids is 3. The van der Waals surface area contributed by atoms with Gasteiger partial charge >= 0.3 is 17.9 Å². The Balaban J connectivity index is 6.50. The Kier molecular flexibility index (Phi) is 48.7. The molecule has 0 rings (SSSR count). The van der Waals surface area contributed by atoms with Gasteiger partial charge in [-0.2, -0.15) is 11.8 Å². The number of hydrogen-bond acceptors (Lipinski definition) is 25. The van der Waals surface area contributed by atoms with Gasteiger partial charge in [0.1, 0.15) is 72.5 Å². The van der Waals surface area contributed by atoms with Crippen molar-refractivity contribution >= 4 is 124 Å². The zero-order valence-electron chi connectivity index (χ0n) is 63.2. The second-order valence-corrected chi connectivity index (χ2v) is 27.7. The molecule has 45 heteroatoms. The minimum atomic E-state index is -1.92. The van der Waals surface area contributed by atoms with Gasteiger partial charge in [-0.25, -0.2) is 4.79 Å². The molecule has 0 bridgehead atoms. The van der Waals surface area contributed by atoms with E-state index in [1.807, 2.05) is 11.6 Å². The third-order valence-corrected chi connectivity index (χ3v) is 16.8. The monoisotopic (exact) mass is 1590 g/mol. The van der Waals surface area contributed by atoms with Crippen LogP contribution in [0.4, 0.5) is 0 Å². The molecule has 44 nitrogen and oxygen atoms in total. The van der Waals surface area contributed by atoms with E-state index in [1.54, 1.807) is 27.7 Å². The van der Waals surface area contributed by atoms with Crippen molar-refractivity contribution < 1.29 is 112 Å². The molecular weight excluding hydrogens is 1470 g/mol. The van der Waals surface area contributed by atoms with Crippen molar-refractivity contribution in [2.24, 2.45) is 57.1 Å². The molecule has 0 saturated heterocycles. The quantitative estimate of drug-likeness (QED) is 0.0153. The lowest BCUT2D eigenvalue weighted by Crippen LogP contribution is -2.62. The molecule has 31 N–H and O–H groups in total. The van der Waals surface area contributed by atoms with Crippen LogP contribution in [0, 0.1) is 17.8 Å². The Morgan fingerprint density at radius 1 is 0.400 bits per heavy atom. The fraction of sp³-hybridized carbons (Fsp3) is 0.708. The van der Waals surface area contributed by atoms with Gasteiger partial charge in [0.2, 0.25) is 88.6 Å². The van der Waals surface area contributed by atoms with Gasteiger partial charge < -0.3 is 134 Å². The molecule has 0 heterocycles. The van der Waals surface area contributed by atoms with E-state index in [1.165, 1.54) is 25.6 Å². The molecule has 0 aliphatic carbocycles. The molecule has 0 aromatic heterocycles. The number of unbranched alkanes of at least 4 members (excludes halogenated alkanes) is 2. The number of aliphatic hydroxyl groups excluding tert-OH is 2. The summed E-state index contributed by atoms with van der Waals surface area (Å²) < 4.78 is 0. The number of aliphatic imine (C=N–C) groups is 1. The predicted molar refractivity (Wildman–Crippen MR) is 395 cm³/mol. The SMILES string of the molecule is CSCC[C@H](N)C(=O)NCC(=O)N[C@H](C(=O)N[C@@H](CCCN=C(N)N)C(=O)N[C@@H](CC(N)=O)C(=O)N[C@@H](CO)C(=O)N[C@H](C(=O)N[C@@H](CC(C)C)C(=O)N[C@@H](CO)C(=O)NCC(=O)N[C@@H](CCCCN)C(=O)N[C@@H](CCCCN)C(=O)N[C@@H](C)C(=O)N[C@@H](CC(=O)O)C(=O)N[C@@H](CCC(=O)O)C(=O)O)C(C)C)C(C)C. The molecule has 0 aliphatic rings. The Bertz CT molecular complexity index is 3150. The first-order valence-corrected chi connectivity index (χ1v) is 37.0. The lowest BCUT2D eigenvalue weighted by molar-refractivity contribution is -0.144. The average molecular weight is 1590 g/mol. The van der Waals surface area contributed by atoms with E-state index >= 15 is 0 Å². The summed E-state index contributed by atoms with van der Waals surface area (Å²) in [6.07, 6.45) is -0.468. The summed E-state index contributed by atoms with van der Waals surface area (Å²) in [6, 6.07) is -20.5. The summed E-state index contributed by atoms with van der Waals surface area (Å²) in [5.74, 6) is -21.7. The van der Waals surface area contributed by atoms with Crippen molar-refractivity contribution in [3.8, 4) is 0 Å². The maximum atomic E-state index is 14.1. The fourth-order valence-electron chi connectivity index (χ4n) is 10.0. The summed E-state index contributed by atoms with van der Waals surface area (Å²) in [7, 11) is 0. The van der Waals surface area contributed by atoms with Crippen molar-refractivity contribution in [2.75, 3.05) is 57.9 Å². The summed E-state index contributed by atoms with van der Waals surface area (Å²) in [5.41, 5.74) is 33.6. The third-order valence-electron chi connectivity index (χ3n) is 16.1. The number of amides is 15. The van der Waals surface area contributed by atoms with E-state index in [4.69, 9.17) is 39.5 Å². The van der Waals surface area contributed by atoms with Crippen LogP contribution >= 0.6 is 11.8 Å². The molecule has 13 atom stereocenters. The molecular formula is C65H115N21O23S. The van der Waals surface area contributed by atoms with Gasteiger partial charge in [-0.1, -0.05) is 41.5 Å². The van der Waals surface area contributed by atoms with Crippen LogP contribution in [-0.4, -0.2) is 274 Å². The molecule has 0 unspecified atom stereocenters. The van der Waals surface area contributed by atoms with Gasteiger partial charge in [0.05, 0.1) is 45.2 Å². The number of nitrogens with zero attached hydrogens (tertiary/aromatic N) is 1. The zero-order chi connectivity index (χ0) is 84.1. The van der Waals surface area contributed by atoms with Gasteiger partial charge in [0, 0.05) is 13.0 Å². The second-order valence-electron chi connectivity index (χ2n) is 26.7. The molecule has 0 aromatic carbocycles. The molecule has 0 spiro atoms. The highest BCUT2D eigenvalue weighted by atomic mass is 32.2. The van der Waals surface area contributed by atoms with E-state index in [0.29, 0.717) is 25.0 Å². The number of aliphatic hydroxyl groups is 2. The highest BCUT2D eigenvalue weighted by Gasteiger charge is 2.38. The van der Waals surface area contributed by atoms with Gasteiger partial charge in [-0.3, -0.25) is 86.5 Å². The first-order valence-electron chi connectivity index (χ1n) is 35.6. The highest BCUT2D eigenvalue weighted by Crippen LogP contribution is 2.13. The van der Waals surface area contributed by atoms with Crippen LogP contribution in [-0.2, 0) is 86.3 Å². The highest BCUT2D eigenvalue weighted by molar-refractivity contribution is 7.98. The fourth-order valence-corrected chi connectivity index (χ4v) is 10.5. The molecule has 110 heavy (non-hydrogen) atoms. The Morgan fingerprint density at radius 3 is 1.26 bits per heavy atom. The van der Waals surface area contributed by atoms with Crippen LogP contribution in [0.15, 0.2) is 4.99 Å². The van der Waals surface area contributed by atoms with Crippen molar-refractivity contribution in [1.82, 2.24) is 74.4 Å². The molecule has 0 fully saturated rings. The summed E-state index contributed by atoms with van der Waals surface area (Å²) in [5, 5.41) is 81.4. The van der Waals surface area contributed by atoms with Gasteiger partial charge in [0.25, 0.3) is 0 Å². The van der Waals surface area contributed by atoms with Crippen molar-refractivity contribution in [1.29, 1.82) is 0 Å². The van der Waals surface area contributed by atoms with Crippen molar-refractivity contribution in [3.63, 3.8) is 0 Å². The molecule has 0 aromatic rings. The first-order chi connectivity index (χ1) is 51.6. The van der Waals surface area contributed by atoms with Crippen LogP contribution in [0.1, 0.15) is 138 Å². The number of thioether (sulfide) groups is 1. The molecule has 0 saturated carbocycles. The predicted octanol–water partition coefficient (Wildman–Crippen LogP) is -9.91. The summed E-state index contributed by atoms with van der Waals surface area (Å²) in [4.78, 5) is 241. The minimum absolute atomic E-state index is 0.0336. The van der Waals surface area contributed by atoms with Crippen LogP contribution < -0.4 is 109 Å². The van der Waals surface area contributed by atoms with Crippen LogP contribution in [0.2, 0.25) is 0 Å². The minimum Gasteiger partial charge on any atom is -0.481 e. The maximum absolute atomic E-state index is 14.1. The number of guanidine groups is 1. The number of rotatable bonds is 57. The Hall–Kier alpha value is -10.1. The number of carbonyl (C=O) groups excluding carboxylic acids is 15. The number of carboxylic acids is 3. The molecule has 15 amide bonds. The normalized spacial score (nSPS) is 14.6. The van der Waals surface area contributed by atoms with E-state index in [2.05, 4.69) is 74.1 Å². The molecule has 0 aliphatic heterocycles. The number of carbonyl (C=O) groups is 18. The summed E-state index contributed by atoms with van der Waals surface area (Å²) in [6.45, 7) is 7.14. The molecule has 0 radical (unpaired) electrons. The second kappa shape index (κ2) is 53.7. The smallest absolute Gasteiger partial charge is 0.326 e. The van der Waals surface area contributed by atoms with Gasteiger partial charge in [-0.05, 0) is 120 Å². The average Bonchev–Trinajstić information content (AvgIpc) is 0.854. The summed E-state index contributed by atoms with van der Waals surface area (Å²) >= 11 is 1.46. The number of primary amides is 1. The van der Waals surface area contributed by atoms with Crippen molar-refractivity contribution in [2.45, 2.75) is 217 Å². The molecule has 624 valence electrons. The van der Waals surface area contributed by atoms with Crippen LogP contribution in [0.25, 0.3) is 0 Å². The van der Waals surface area contributed by atoms with Crippen LogP contribution in [0.5, 0.6) is 0 Å². The van der Waals surface area contributed by atoms with E-state index < -0.39 is 249 Å². The standard InChI is InChI=1S/C65H115N21O23S/c1-31(2)24-40(82-63(107)51(33(5)6)86-61(105)44(30-88)84-59(103)41(25-45(69)89)81-57(101)38(16-13-22-72-65(70)71)78-62(106)50(32(3)4)85-47(91)28-73-53(97)35(68)19-23-110-8)58(102)83-43(29-87)54(98)74-27-46(90)76-36(14-9-11-20-66)56(100)77-37(15-10-12-21-67)55(99)75-34(7)52(96)80-42(26-49(94)95)60(104)79-39(64(108)109)17-18-48(92)93/h31-44,50-51,87-88H,9-30,66-68H2,1-8H3,(H2,69,89)(H,73,97)(H,74,98)(H,75,99)(H,76,90)(H,77,100)(H,78,106)(H,79,104)(H,80,96)(H,81,101)(H,82,107)(H,83,102)(H,84,103)(H,85,91)(H,86,105)(H,92,93)(H,94,95)(H,108,109)(H4,70,71,72)/t34-,35-,36-,37-,38-,39-,40-,41-,42-,43-,44-,50-,51-/m0/s1. The van der Waals surface area contributed by atoms with E-state index in [0.717, 1.165) is 6.92 Å².